The highest BCUT2D eigenvalue weighted by Gasteiger charge is 2.23. The average Bonchev–Trinajstić information content (AvgIpc) is 2.47. The molecule has 0 aliphatic heterocycles. The molecule has 112 valence electrons. The third kappa shape index (κ3) is 3.51. The molecule has 20 heavy (non-hydrogen) atoms. The molecule has 0 heterocycles. The Labute approximate surface area is 121 Å². The van der Waals surface area contributed by atoms with Crippen LogP contribution >= 0.6 is 0 Å². The van der Waals surface area contributed by atoms with Gasteiger partial charge in [-0.15, -0.1) is 0 Å². The SMILES string of the molecule is COc1ccc2c(c1)CC(NC(C)C(OC)OC)CC2. The summed E-state index contributed by atoms with van der Waals surface area (Å²) in [7, 11) is 5.06. The molecule has 0 spiro atoms. The van der Waals surface area contributed by atoms with Gasteiger partial charge in [-0.3, -0.25) is 0 Å². The van der Waals surface area contributed by atoms with E-state index < -0.39 is 0 Å². The van der Waals surface area contributed by atoms with Gasteiger partial charge in [-0.25, -0.2) is 0 Å². The van der Waals surface area contributed by atoms with Crippen LogP contribution in [0.1, 0.15) is 24.5 Å². The monoisotopic (exact) mass is 279 g/mol. The summed E-state index contributed by atoms with van der Waals surface area (Å²) in [6.45, 7) is 2.10. The maximum Gasteiger partial charge on any atom is 0.171 e. The van der Waals surface area contributed by atoms with Crippen LogP contribution in [0.5, 0.6) is 5.75 Å². The van der Waals surface area contributed by atoms with Crippen LogP contribution in [0.4, 0.5) is 0 Å². The van der Waals surface area contributed by atoms with Crippen LogP contribution in [-0.2, 0) is 22.3 Å². The van der Waals surface area contributed by atoms with Crippen LogP contribution in [0, 0.1) is 0 Å². The van der Waals surface area contributed by atoms with Crippen molar-refractivity contribution in [3.63, 3.8) is 0 Å². The fourth-order valence-electron chi connectivity index (χ4n) is 2.96. The molecule has 2 rings (SSSR count). The number of ether oxygens (including phenoxy) is 3. The molecule has 1 aliphatic carbocycles. The maximum absolute atomic E-state index is 5.31. The second kappa shape index (κ2) is 7.07. The molecule has 1 N–H and O–H groups in total. The highest BCUT2D eigenvalue weighted by atomic mass is 16.7. The maximum atomic E-state index is 5.31. The lowest BCUT2D eigenvalue weighted by Gasteiger charge is -2.31. The minimum absolute atomic E-state index is 0.169. The van der Waals surface area contributed by atoms with E-state index in [2.05, 4.69) is 24.4 Å². The minimum Gasteiger partial charge on any atom is -0.497 e. The van der Waals surface area contributed by atoms with Crippen LogP contribution < -0.4 is 10.1 Å². The van der Waals surface area contributed by atoms with E-state index in [0.29, 0.717) is 6.04 Å². The smallest absolute Gasteiger partial charge is 0.171 e. The van der Waals surface area contributed by atoms with Crippen LogP contribution in [0.2, 0.25) is 0 Å². The van der Waals surface area contributed by atoms with E-state index in [0.717, 1.165) is 25.0 Å². The number of hydrogen-bond acceptors (Lipinski definition) is 4. The summed E-state index contributed by atoms with van der Waals surface area (Å²) in [6.07, 6.45) is 3.07. The van der Waals surface area contributed by atoms with Gasteiger partial charge >= 0.3 is 0 Å². The minimum atomic E-state index is -0.207. The number of nitrogens with one attached hydrogen (secondary N) is 1. The Bertz CT molecular complexity index is 432. The Morgan fingerprint density at radius 2 is 1.90 bits per heavy atom. The Kier molecular flexibility index (Phi) is 5.40. The molecule has 0 fully saturated rings. The molecule has 4 heteroatoms. The van der Waals surface area contributed by atoms with Gasteiger partial charge in [-0.05, 0) is 49.4 Å². The molecule has 0 amide bonds. The Balaban J connectivity index is 1.99. The zero-order valence-electron chi connectivity index (χ0n) is 12.8. The third-order valence-corrected chi connectivity index (χ3v) is 4.01. The first-order valence-electron chi connectivity index (χ1n) is 7.15. The largest absolute Gasteiger partial charge is 0.497 e. The molecule has 2 unspecified atom stereocenters. The van der Waals surface area contributed by atoms with Gasteiger partial charge in [0.15, 0.2) is 6.29 Å². The quantitative estimate of drug-likeness (QED) is 0.810. The van der Waals surface area contributed by atoms with Gasteiger partial charge < -0.3 is 19.5 Å². The van der Waals surface area contributed by atoms with E-state index in [9.17, 15) is 0 Å². The lowest BCUT2D eigenvalue weighted by molar-refractivity contribution is -0.121. The second-order valence-electron chi connectivity index (χ2n) is 5.37. The molecule has 0 saturated heterocycles. The highest BCUT2D eigenvalue weighted by Crippen LogP contribution is 2.26. The summed E-state index contributed by atoms with van der Waals surface area (Å²) in [5.74, 6) is 0.934. The summed E-state index contributed by atoms with van der Waals surface area (Å²) in [6, 6.07) is 7.00. The van der Waals surface area contributed by atoms with Crippen molar-refractivity contribution in [1.82, 2.24) is 5.32 Å². The zero-order valence-corrected chi connectivity index (χ0v) is 12.8. The van der Waals surface area contributed by atoms with E-state index in [4.69, 9.17) is 14.2 Å². The molecule has 1 aromatic carbocycles. The van der Waals surface area contributed by atoms with Gasteiger partial charge in [0.2, 0.25) is 0 Å². The van der Waals surface area contributed by atoms with E-state index in [1.54, 1.807) is 21.3 Å². The topological polar surface area (TPSA) is 39.7 Å². The molecular formula is C16H25NO3. The first-order valence-corrected chi connectivity index (χ1v) is 7.15. The molecule has 4 nitrogen and oxygen atoms in total. The molecule has 0 saturated carbocycles. The van der Waals surface area contributed by atoms with Crippen LogP contribution in [0.3, 0.4) is 0 Å². The Hall–Kier alpha value is -1.10. The van der Waals surface area contributed by atoms with E-state index in [1.165, 1.54) is 11.1 Å². The molecule has 0 bridgehead atoms. The summed E-state index contributed by atoms with van der Waals surface area (Å²) >= 11 is 0. The van der Waals surface area contributed by atoms with Gasteiger partial charge in [0.05, 0.1) is 13.2 Å². The van der Waals surface area contributed by atoms with Gasteiger partial charge in [0, 0.05) is 20.3 Å². The number of aryl methyl sites for hydroxylation is 1. The predicted octanol–water partition coefficient (Wildman–Crippen LogP) is 2.15. The predicted molar refractivity (Wildman–Crippen MR) is 79.2 cm³/mol. The lowest BCUT2D eigenvalue weighted by Crippen LogP contribution is -2.47. The Morgan fingerprint density at radius 1 is 1.15 bits per heavy atom. The highest BCUT2D eigenvalue weighted by molar-refractivity contribution is 5.37. The summed E-state index contributed by atoms with van der Waals surface area (Å²) in [4.78, 5) is 0. The van der Waals surface area contributed by atoms with Gasteiger partial charge in [0.25, 0.3) is 0 Å². The molecule has 0 aromatic heterocycles. The number of methoxy groups -OCH3 is 3. The zero-order chi connectivity index (χ0) is 14.5. The van der Waals surface area contributed by atoms with Crippen molar-refractivity contribution < 1.29 is 14.2 Å². The van der Waals surface area contributed by atoms with Crippen molar-refractivity contribution in [3.8, 4) is 5.75 Å². The first kappa shape index (κ1) is 15.3. The fourth-order valence-corrected chi connectivity index (χ4v) is 2.96. The number of benzene rings is 1. The number of fused-ring (bicyclic) bond motifs is 1. The van der Waals surface area contributed by atoms with Gasteiger partial charge in [-0.1, -0.05) is 6.07 Å². The summed E-state index contributed by atoms with van der Waals surface area (Å²) in [5, 5.41) is 3.61. The molecule has 1 aromatic rings. The summed E-state index contributed by atoms with van der Waals surface area (Å²) < 4.78 is 15.9. The molecule has 2 atom stereocenters. The summed E-state index contributed by atoms with van der Waals surface area (Å²) in [5.41, 5.74) is 2.82. The van der Waals surface area contributed by atoms with Crippen molar-refractivity contribution in [2.75, 3.05) is 21.3 Å². The van der Waals surface area contributed by atoms with Crippen LogP contribution in [0.15, 0.2) is 18.2 Å². The van der Waals surface area contributed by atoms with Crippen LogP contribution in [-0.4, -0.2) is 39.7 Å². The van der Waals surface area contributed by atoms with Crippen molar-refractivity contribution in [2.24, 2.45) is 0 Å². The molecular weight excluding hydrogens is 254 g/mol. The number of hydrogen-bond donors (Lipinski definition) is 1. The fraction of sp³-hybridized carbons (Fsp3) is 0.625. The third-order valence-electron chi connectivity index (χ3n) is 4.01. The lowest BCUT2D eigenvalue weighted by atomic mass is 9.88. The van der Waals surface area contributed by atoms with E-state index in [-0.39, 0.29) is 12.3 Å². The second-order valence-corrected chi connectivity index (χ2v) is 5.37. The Morgan fingerprint density at radius 3 is 2.55 bits per heavy atom. The van der Waals surface area contributed by atoms with Crippen molar-refractivity contribution in [2.45, 2.75) is 44.6 Å². The van der Waals surface area contributed by atoms with Crippen LogP contribution in [0.25, 0.3) is 0 Å². The van der Waals surface area contributed by atoms with Gasteiger partial charge in [-0.2, -0.15) is 0 Å². The standard InChI is InChI=1S/C16H25NO3/c1-11(16(19-3)20-4)17-14-7-5-12-6-8-15(18-2)10-13(12)9-14/h6,8,10-11,14,16-17H,5,7,9H2,1-4H3. The van der Waals surface area contributed by atoms with E-state index in [1.807, 2.05) is 6.07 Å². The molecule has 1 aliphatic rings. The average molecular weight is 279 g/mol. The van der Waals surface area contributed by atoms with Crippen molar-refractivity contribution in [3.05, 3.63) is 29.3 Å². The number of rotatable bonds is 6. The van der Waals surface area contributed by atoms with Crippen molar-refractivity contribution >= 4 is 0 Å². The van der Waals surface area contributed by atoms with Gasteiger partial charge in [0.1, 0.15) is 5.75 Å². The van der Waals surface area contributed by atoms with E-state index >= 15 is 0 Å². The molecule has 0 radical (unpaired) electrons. The van der Waals surface area contributed by atoms with Crippen molar-refractivity contribution in [1.29, 1.82) is 0 Å². The first-order chi connectivity index (χ1) is 9.67. The normalized spacial score (nSPS) is 19.8.